The Kier molecular flexibility index (Phi) is 4.44. The van der Waals surface area contributed by atoms with E-state index < -0.39 is 58.2 Å². The Labute approximate surface area is 173 Å². The van der Waals surface area contributed by atoms with E-state index in [1.807, 2.05) is 0 Å². The minimum absolute atomic E-state index is 0.0125. The van der Waals surface area contributed by atoms with Crippen LogP contribution in [0.15, 0.2) is 36.4 Å². The minimum Gasteiger partial charge on any atom is -0.507 e. The predicted molar refractivity (Wildman–Crippen MR) is 104 cm³/mol. The van der Waals surface area contributed by atoms with Crippen molar-refractivity contribution < 1.29 is 50.4 Å². The van der Waals surface area contributed by atoms with Crippen LogP contribution in [-0.2, 0) is 0 Å². The van der Waals surface area contributed by atoms with Crippen LogP contribution < -0.4 is 4.74 Å². The number of aliphatic hydroxyl groups excluding tert-OH is 1. The van der Waals surface area contributed by atoms with E-state index in [9.17, 15) is 45.6 Å². The monoisotopic (exact) mass is 428 g/mol. The summed E-state index contributed by atoms with van der Waals surface area (Å²) in [5.41, 5.74) is -0.303. The second kappa shape index (κ2) is 6.89. The number of phenols is 7. The van der Waals surface area contributed by atoms with Crippen LogP contribution in [0.25, 0.3) is 11.1 Å². The van der Waals surface area contributed by atoms with Crippen molar-refractivity contribution in [1.82, 2.24) is 0 Å². The number of hydrogen-bond donors (Lipinski definition) is 8. The maximum absolute atomic E-state index is 12.8. The van der Waals surface area contributed by atoms with Gasteiger partial charge < -0.3 is 45.6 Å². The number of fused-ring (bicyclic) bond motifs is 1. The second-order valence-corrected chi connectivity index (χ2v) is 6.95. The number of carbonyl (C=O) groups excluding carboxylic acids is 1. The van der Waals surface area contributed by atoms with Crippen LogP contribution in [0.3, 0.4) is 0 Å². The summed E-state index contributed by atoms with van der Waals surface area (Å²) in [7, 11) is 0. The van der Waals surface area contributed by atoms with E-state index in [1.165, 1.54) is 6.07 Å². The molecule has 1 heterocycles. The highest BCUT2D eigenvalue weighted by atomic mass is 16.5. The molecule has 8 N–H and O–H groups in total. The molecule has 0 saturated heterocycles. The Hall–Kier alpha value is -4.31. The Morgan fingerprint density at radius 3 is 1.77 bits per heavy atom. The molecule has 1 aliphatic heterocycles. The lowest BCUT2D eigenvalue weighted by Crippen LogP contribution is -2.36. The fraction of sp³-hybridized carbons (Fsp3) is 0.0952. The lowest BCUT2D eigenvalue weighted by molar-refractivity contribution is 0.0217. The molecule has 10 nitrogen and oxygen atoms in total. The van der Waals surface area contributed by atoms with Gasteiger partial charge in [0.2, 0.25) is 0 Å². The first-order chi connectivity index (χ1) is 14.6. The average molecular weight is 428 g/mol. The van der Waals surface area contributed by atoms with Crippen molar-refractivity contribution in [2.45, 2.75) is 12.2 Å². The third kappa shape index (κ3) is 3.06. The van der Waals surface area contributed by atoms with Gasteiger partial charge in [-0.05, 0) is 42.0 Å². The molecule has 0 aliphatic carbocycles. The zero-order valence-corrected chi connectivity index (χ0v) is 15.5. The van der Waals surface area contributed by atoms with Gasteiger partial charge in [-0.3, -0.25) is 4.79 Å². The standard InChI is InChI=1S/C21H16O10/c22-10-2-1-9-16(27)19(30)20(8-5-13(25)18(29)14(26)6-8)31-21(9)15(10)7-3-11(23)17(28)12(24)4-7/h1-6,19-20,22-26,28-30H/t19-,20+/m0/s1. The van der Waals surface area contributed by atoms with Crippen LogP contribution in [-0.4, -0.2) is 52.7 Å². The SMILES string of the molecule is O=C1c2ccc(O)c(-c3cc(O)c(O)c(O)c3)c2O[C@H](c2cc(O)c(O)c(O)c2)[C@H]1O. The van der Waals surface area contributed by atoms with Gasteiger partial charge in [0.15, 0.2) is 52.5 Å². The highest BCUT2D eigenvalue weighted by Gasteiger charge is 2.39. The van der Waals surface area contributed by atoms with Crippen LogP contribution >= 0.6 is 0 Å². The first-order valence-electron chi connectivity index (χ1n) is 8.85. The summed E-state index contributed by atoms with van der Waals surface area (Å²) in [6.45, 7) is 0. The molecule has 0 bridgehead atoms. The molecular formula is C21H16O10. The largest absolute Gasteiger partial charge is 0.507 e. The van der Waals surface area contributed by atoms with Gasteiger partial charge in [-0.2, -0.15) is 0 Å². The highest BCUT2D eigenvalue weighted by Crippen LogP contribution is 2.50. The number of rotatable bonds is 2. The van der Waals surface area contributed by atoms with Crippen molar-refractivity contribution in [1.29, 1.82) is 0 Å². The topological polar surface area (TPSA) is 188 Å². The maximum atomic E-state index is 12.8. The van der Waals surface area contributed by atoms with Crippen molar-refractivity contribution in [3.63, 3.8) is 0 Å². The fourth-order valence-electron chi connectivity index (χ4n) is 3.44. The van der Waals surface area contributed by atoms with E-state index in [2.05, 4.69) is 0 Å². The summed E-state index contributed by atoms with van der Waals surface area (Å²) >= 11 is 0. The molecule has 160 valence electrons. The van der Waals surface area contributed by atoms with E-state index in [0.717, 1.165) is 30.3 Å². The van der Waals surface area contributed by atoms with Crippen molar-refractivity contribution in [3.05, 3.63) is 47.5 Å². The predicted octanol–water partition coefficient (Wildman–Crippen LogP) is 1.97. The molecule has 0 amide bonds. The van der Waals surface area contributed by atoms with Gasteiger partial charge in [-0.1, -0.05) is 0 Å². The Morgan fingerprint density at radius 2 is 1.23 bits per heavy atom. The molecule has 31 heavy (non-hydrogen) atoms. The average Bonchev–Trinajstić information content (AvgIpc) is 2.72. The van der Waals surface area contributed by atoms with Gasteiger partial charge >= 0.3 is 0 Å². The first-order valence-corrected chi connectivity index (χ1v) is 8.85. The summed E-state index contributed by atoms with van der Waals surface area (Å²) in [6.07, 6.45) is -3.20. The normalized spacial score (nSPS) is 17.8. The van der Waals surface area contributed by atoms with Gasteiger partial charge in [0.05, 0.1) is 11.1 Å². The molecular weight excluding hydrogens is 412 g/mol. The lowest BCUT2D eigenvalue weighted by Gasteiger charge is -2.31. The van der Waals surface area contributed by atoms with Gasteiger partial charge in [0.25, 0.3) is 0 Å². The number of Topliss-reactive ketones (excluding diaryl/α,β-unsaturated/α-hetero) is 1. The van der Waals surface area contributed by atoms with E-state index in [-0.39, 0.29) is 28.0 Å². The number of ketones is 1. The fourth-order valence-corrected chi connectivity index (χ4v) is 3.44. The molecule has 4 rings (SSSR count). The molecule has 0 saturated carbocycles. The molecule has 0 unspecified atom stereocenters. The van der Waals surface area contributed by atoms with Crippen molar-refractivity contribution in [2.24, 2.45) is 0 Å². The van der Waals surface area contributed by atoms with Gasteiger partial charge in [-0.15, -0.1) is 0 Å². The van der Waals surface area contributed by atoms with Crippen LogP contribution in [0.4, 0.5) is 0 Å². The third-order valence-corrected chi connectivity index (χ3v) is 4.98. The van der Waals surface area contributed by atoms with Crippen LogP contribution in [0.1, 0.15) is 22.0 Å². The summed E-state index contributed by atoms with van der Waals surface area (Å²) in [6, 6.07) is 6.39. The number of ether oxygens (including phenoxy) is 1. The van der Waals surface area contributed by atoms with Crippen LogP contribution in [0.2, 0.25) is 0 Å². The molecule has 0 spiro atoms. The van der Waals surface area contributed by atoms with Crippen molar-refractivity contribution in [3.8, 4) is 57.1 Å². The summed E-state index contributed by atoms with van der Waals surface area (Å²) in [5.74, 6) is -5.81. The number of carbonyl (C=O) groups is 1. The molecule has 3 aromatic rings. The highest BCUT2D eigenvalue weighted by molar-refractivity contribution is 6.06. The molecule has 3 aromatic carbocycles. The summed E-state index contributed by atoms with van der Waals surface area (Å²) in [5, 5.41) is 79.2. The lowest BCUT2D eigenvalue weighted by atomic mass is 9.89. The first kappa shape index (κ1) is 20.0. The van der Waals surface area contributed by atoms with Gasteiger partial charge in [0, 0.05) is 5.56 Å². The summed E-state index contributed by atoms with van der Waals surface area (Å²) in [4.78, 5) is 12.8. The van der Waals surface area contributed by atoms with Crippen molar-refractivity contribution in [2.75, 3.05) is 0 Å². The van der Waals surface area contributed by atoms with E-state index in [1.54, 1.807) is 0 Å². The van der Waals surface area contributed by atoms with Gasteiger partial charge in [-0.25, -0.2) is 0 Å². The number of hydrogen-bond acceptors (Lipinski definition) is 10. The van der Waals surface area contributed by atoms with E-state index in [4.69, 9.17) is 4.74 Å². The molecule has 0 aromatic heterocycles. The molecule has 0 radical (unpaired) electrons. The summed E-state index contributed by atoms with van der Waals surface area (Å²) < 4.78 is 5.77. The van der Waals surface area contributed by atoms with E-state index >= 15 is 0 Å². The number of phenolic OH excluding ortho intramolecular Hbond substituents is 7. The Balaban J connectivity index is 1.91. The number of aromatic hydroxyl groups is 7. The molecule has 2 atom stereocenters. The third-order valence-electron chi connectivity index (χ3n) is 4.98. The van der Waals surface area contributed by atoms with Gasteiger partial charge in [0.1, 0.15) is 11.5 Å². The number of aliphatic hydroxyl groups is 1. The minimum atomic E-state index is -1.75. The Morgan fingerprint density at radius 1 is 0.710 bits per heavy atom. The molecule has 10 heteroatoms. The zero-order chi connectivity index (χ0) is 22.6. The maximum Gasteiger partial charge on any atom is 0.200 e. The molecule has 0 fully saturated rings. The van der Waals surface area contributed by atoms with Crippen LogP contribution in [0.5, 0.6) is 46.0 Å². The molecule has 1 aliphatic rings. The smallest absolute Gasteiger partial charge is 0.200 e. The second-order valence-electron chi connectivity index (χ2n) is 6.95. The number of benzene rings is 3. The Bertz CT molecular complexity index is 1190. The van der Waals surface area contributed by atoms with E-state index in [0.29, 0.717) is 0 Å². The van der Waals surface area contributed by atoms with Crippen molar-refractivity contribution >= 4 is 5.78 Å². The zero-order valence-electron chi connectivity index (χ0n) is 15.5. The quantitative estimate of drug-likeness (QED) is 0.280. The van der Waals surface area contributed by atoms with Crippen LogP contribution in [0, 0.1) is 0 Å².